The normalized spacial score (nSPS) is 20.6. The van der Waals surface area contributed by atoms with Crippen LogP contribution in [0.4, 0.5) is 4.79 Å². The quantitative estimate of drug-likeness (QED) is 0.694. The maximum atomic E-state index is 12.7. The maximum Gasteiger partial charge on any atom is 0.408 e. The maximum absolute atomic E-state index is 12.7. The molecular formula is C19H31NO6. The summed E-state index contributed by atoms with van der Waals surface area (Å²) in [6, 6.07) is -0.895. The highest BCUT2D eigenvalue weighted by molar-refractivity contribution is 5.99. The average Bonchev–Trinajstić information content (AvgIpc) is 2.54. The van der Waals surface area contributed by atoms with Crippen LogP contribution in [0.1, 0.15) is 60.8 Å². The third-order valence-electron chi connectivity index (χ3n) is 3.88. The number of hydrogen-bond donors (Lipinski definition) is 1. The Labute approximate surface area is 155 Å². The zero-order valence-corrected chi connectivity index (χ0v) is 16.6. The highest BCUT2D eigenvalue weighted by Gasteiger charge is 2.37. The van der Waals surface area contributed by atoms with E-state index in [1.54, 1.807) is 27.7 Å². The molecule has 0 bridgehead atoms. The van der Waals surface area contributed by atoms with Gasteiger partial charge < -0.3 is 19.5 Å². The summed E-state index contributed by atoms with van der Waals surface area (Å²) in [4.78, 5) is 36.9. The molecule has 0 aromatic heterocycles. The van der Waals surface area contributed by atoms with E-state index in [0.29, 0.717) is 5.57 Å². The molecule has 7 heteroatoms. The van der Waals surface area contributed by atoms with Gasteiger partial charge >= 0.3 is 12.1 Å². The third-order valence-corrected chi connectivity index (χ3v) is 3.88. The minimum atomic E-state index is -0.895. The van der Waals surface area contributed by atoms with E-state index in [-0.39, 0.29) is 24.9 Å². The first-order valence-electron chi connectivity index (χ1n) is 9.17. The van der Waals surface area contributed by atoms with E-state index in [2.05, 4.69) is 5.32 Å². The van der Waals surface area contributed by atoms with Crippen molar-refractivity contribution in [1.29, 1.82) is 0 Å². The Morgan fingerprint density at radius 2 is 1.85 bits per heavy atom. The molecule has 26 heavy (non-hydrogen) atoms. The van der Waals surface area contributed by atoms with E-state index >= 15 is 0 Å². The van der Waals surface area contributed by atoms with E-state index in [1.807, 2.05) is 13.8 Å². The van der Waals surface area contributed by atoms with Gasteiger partial charge in [-0.05, 0) is 46.6 Å². The van der Waals surface area contributed by atoms with Crippen molar-refractivity contribution >= 4 is 17.8 Å². The Balaban J connectivity index is 2.98. The Kier molecular flexibility index (Phi) is 8.27. The first-order chi connectivity index (χ1) is 12.1. The van der Waals surface area contributed by atoms with Gasteiger partial charge in [-0.3, -0.25) is 4.79 Å². The van der Waals surface area contributed by atoms with Crippen molar-refractivity contribution in [3.8, 4) is 0 Å². The van der Waals surface area contributed by atoms with Crippen molar-refractivity contribution in [3.05, 3.63) is 11.6 Å². The lowest BCUT2D eigenvalue weighted by Crippen LogP contribution is -2.50. The molecule has 0 heterocycles. The summed E-state index contributed by atoms with van der Waals surface area (Å²) in [5.41, 5.74) is -0.365. The van der Waals surface area contributed by atoms with Crippen LogP contribution in [-0.4, -0.2) is 48.3 Å². The van der Waals surface area contributed by atoms with Gasteiger partial charge in [-0.15, -0.1) is 0 Å². The molecule has 0 fully saturated rings. The molecule has 1 aliphatic rings. The van der Waals surface area contributed by atoms with Gasteiger partial charge in [0.15, 0.2) is 5.78 Å². The number of amides is 1. The minimum Gasteiger partial charge on any atom is -0.463 e. The Bertz CT molecular complexity index is 545. The molecule has 1 aliphatic carbocycles. The van der Waals surface area contributed by atoms with Gasteiger partial charge in [0.25, 0.3) is 0 Å². The summed E-state index contributed by atoms with van der Waals surface area (Å²) in [5, 5.41) is 2.55. The predicted octanol–water partition coefficient (Wildman–Crippen LogP) is 2.92. The fourth-order valence-corrected chi connectivity index (χ4v) is 2.59. The summed E-state index contributed by atoms with van der Waals surface area (Å²) < 4.78 is 16.1. The highest BCUT2D eigenvalue weighted by atomic mass is 16.6. The molecule has 1 N–H and O–H groups in total. The topological polar surface area (TPSA) is 90.9 Å². The number of alkyl carbamates (subject to hydrolysis) is 1. The molecule has 0 aromatic rings. The molecule has 0 spiro atoms. The molecule has 148 valence electrons. The zero-order chi connectivity index (χ0) is 19.9. The molecule has 0 aromatic carbocycles. The van der Waals surface area contributed by atoms with Gasteiger partial charge in [0.05, 0.1) is 18.8 Å². The SMILES string of the molecule is CCOC(=O)C1=C[C@@H](OC(CC)CC)C(=O)[C@@H](NC(=O)OC(C)(C)C)C1. The van der Waals surface area contributed by atoms with E-state index in [4.69, 9.17) is 14.2 Å². The first kappa shape index (κ1) is 22.2. The Morgan fingerprint density at radius 1 is 1.23 bits per heavy atom. The first-order valence-corrected chi connectivity index (χ1v) is 9.17. The van der Waals surface area contributed by atoms with Crippen molar-refractivity contribution < 1.29 is 28.6 Å². The Hall–Kier alpha value is -1.89. The number of carbonyl (C=O) groups is 3. The van der Waals surface area contributed by atoms with Gasteiger partial charge in [-0.25, -0.2) is 9.59 Å². The number of ether oxygens (including phenoxy) is 3. The number of Topliss-reactive ketones (excluding diaryl/α,β-unsaturated/α-hetero) is 1. The van der Waals surface area contributed by atoms with E-state index in [0.717, 1.165) is 12.8 Å². The summed E-state index contributed by atoms with van der Waals surface area (Å²) in [7, 11) is 0. The van der Waals surface area contributed by atoms with E-state index < -0.39 is 29.8 Å². The van der Waals surface area contributed by atoms with Crippen molar-refractivity contribution in [1.82, 2.24) is 5.32 Å². The standard InChI is InChI=1S/C19H31NO6/c1-7-13(8-2)25-15-11-12(17(22)24-9-3)10-14(16(15)21)20-18(23)26-19(4,5)6/h11,13-15H,7-10H2,1-6H3,(H,20,23)/t14-,15+/m0/s1. The second kappa shape index (κ2) is 9.71. The van der Waals surface area contributed by atoms with Crippen LogP contribution in [0.2, 0.25) is 0 Å². The second-order valence-corrected chi connectivity index (χ2v) is 7.21. The summed E-state index contributed by atoms with van der Waals surface area (Å²) in [6.07, 6.45) is 1.34. The zero-order valence-electron chi connectivity index (χ0n) is 16.6. The van der Waals surface area contributed by atoms with Gasteiger partial charge in [-0.1, -0.05) is 13.8 Å². The molecule has 7 nitrogen and oxygen atoms in total. The van der Waals surface area contributed by atoms with Crippen molar-refractivity contribution in [2.75, 3.05) is 6.61 Å². The molecule has 2 atom stereocenters. The second-order valence-electron chi connectivity index (χ2n) is 7.21. The Morgan fingerprint density at radius 3 is 2.35 bits per heavy atom. The van der Waals surface area contributed by atoms with Crippen molar-refractivity contribution in [2.45, 2.75) is 84.7 Å². The lowest BCUT2D eigenvalue weighted by molar-refractivity contribution is -0.140. The van der Waals surface area contributed by atoms with E-state index in [9.17, 15) is 14.4 Å². The number of ketones is 1. The summed E-state index contributed by atoms with van der Waals surface area (Å²) >= 11 is 0. The molecule has 0 saturated heterocycles. The van der Waals surface area contributed by atoms with Crippen molar-refractivity contribution in [2.24, 2.45) is 0 Å². The number of nitrogens with one attached hydrogen (secondary N) is 1. The number of carbonyl (C=O) groups excluding carboxylic acids is 3. The van der Waals surface area contributed by atoms with Crippen LogP contribution in [0.25, 0.3) is 0 Å². The minimum absolute atomic E-state index is 0.0552. The molecule has 0 radical (unpaired) electrons. The lowest BCUT2D eigenvalue weighted by atomic mass is 9.91. The van der Waals surface area contributed by atoms with Crippen LogP contribution >= 0.6 is 0 Å². The highest BCUT2D eigenvalue weighted by Crippen LogP contribution is 2.22. The predicted molar refractivity (Wildman–Crippen MR) is 96.7 cm³/mol. The molecule has 0 saturated carbocycles. The number of esters is 1. The largest absolute Gasteiger partial charge is 0.463 e. The average molecular weight is 369 g/mol. The van der Waals surface area contributed by atoms with Gasteiger partial charge in [-0.2, -0.15) is 0 Å². The van der Waals surface area contributed by atoms with Gasteiger partial charge in [0.2, 0.25) is 0 Å². The smallest absolute Gasteiger partial charge is 0.408 e. The molecular weight excluding hydrogens is 338 g/mol. The molecule has 1 amide bonds. The molecule has 1 rings (SSSR count). The fourth-order valence-electron chi connectivity index (χ4n) is 2.59. The van der Waals surface area contributed by atoms with Crippen LogP contribution in [-0.2, 0) is 23.8 Å². The third kappa shape index (κ3) is 6.78. The van der Waals surface area contributed by atoms with Crippen molar-refractivity contribution in [3.63, 3.8) is 0 Å². The summed E-state index contributed by atoms with van der Waals surface area (Å²) in [6.45, 7) is 11.1. The van der Waals surface area contributed by atoms with Crippen LogP contribution in [0.3, 0.4) is 0 Å². The molecule has 0 aliphatic heterocycles. The van der Waals surface area contributed by atoms with Crippen LogP contribution in [0.5, 0.6) is 0 Å². The van der Waals surface area contributed by atoms with Crippen LogP contribution < -0.4 is 5.32 Å². The molecule has 0 unspecified atom stereocenters. The van der Waals surface area contributed by atoms with Crippen LogP contribution in [0.15, 0.2) is 11.6 Å². The van der Waals surface area contributed by atoms with Gasteiger partial charge in [0, 0.05) is 12.0 Å². The van der Waals surface area contributed by atoms with E-state index in [1.165, 1.54) is 6.08 Å². The number of rotatable bonds is 7. The monoisotopic (exact) mass is 369 g/mol. The summed E-state index contributed by atoms with van der Waals surface area (Å²) in [5.74, 6) is -0.801. The fraction of sp³-hybridized carbons (Fsp3) is 0.737. The van der Waals surface area contributed by atoms with Gasteiger partial charge in [0.1, 0.15) is 11.7 Å². The lowest BCUT2D eigenvalue weighted by Gasteiger charge is -2.30. The number of hydrogen-bond acceptors (Lipinski definition) is 6. The van der Waals surface area contributed by atoms with Crippen LogP contribution in [0, 0.1) is 0 Å².